The third kappa shape index (κ3) is 4.91. The third-order valence-electron chi connectivity index (χ3n) is 3.82. The van der Waals surface area contributed by atoms with Gasteiger partial charge in [0.25, 0.3) is 5.03 Å². The average Bonchev–Trinajstić information content (AvgIpc) is 2.49. The van der Waals surface area contributed by atoms with E-state index in [9.17, 15) is 14.8 Å². The Labute approximate surface area is 134 Å². The molecule has 1 saturated carbocycles. The van der Waals surface area contributed by atoms with E-state index in [2.05, 4.69) is 17.6 Å². The van der Waals surface area contributed by atoms with E-state index in [0.29, 0.717) is 15.7 Å². The van der Waals surface area contributed by atoms with Crippen LogP contribution in [0.25, 0.3) is 0 Å². The minimum absolute atomic E-state index is 0.0277. The van der Waals surface area contributed by atoms with Crippen molar-refractivity contribution in [1.29, 1.82) is 0 Å². The van der Waals surface area contributed by atoms with E-state index in [4.69, 9.17) is 0 Å². The summed E-state index contributed by atoms with van der Waals surface area (Å²) in [5, 5.41) is 17.0. The number of carbonyl (C=O) groups excluding carboxylic acids is 2. The van der Waals surface area contributed by atoms with Gasteiger partial charge in [0.1, 0.15) is 0 Å². The Kier molecular flexibility index (Phi) is 6.06. The molecule has 1 heterocycles. The predicted octanol–water partition coefficient (Wildman–Crippen LogP) is 1.82. The molecule has 0 aliphatic heterocycles. The molecule has 0 spiro atoms. The van der Waals surface area contributed by atoms with Crippen LogP contribution in [0.1, 0.15) is 32.6 Å². The molecule has 0 unspecified atom stereocenters. The molecule has 120 valence electrons. The molecule has 1 aromatic heterocycles. The summed E-state index contributed by atoms with van der Waals surface area (Å²) >= 11 is 1.10. The van der Waals surface area contributed by atoms with Crippen molar-refractivity contribution >= 4 is 23.7 Å². The molecule has 1 aliphatic rings. The van der Waals surface area contributed by atoms with E-state index in [1.807, 2.05) is 0 Å². The number of thioether (sulfide) groups is 1. The first-order valence-electron chi connectivity index (χ1n) is 7.47. The molecule has 6 nitrogen and oxygen atoms in total. The van der Waals surface area contributed by atoms with Gasteiger partial charge in [-0.05, 0) is 36.6 Å². The van der Waals surface area contributed by atoms with E-state index >= 15 is 0 Å². The Bertz CT molecular complexity index is 539. The number of rotatable bonds is 4. The van der Waals surface area contributed by atoms with Gasteiger partial charge < -0.3 is 10.5 Å². The zero-order valence-electron chi connectivity index (χ0n) is 12.6. The number of amides is 3. The van der Waals surface area contributed by atoms with Crippen LogP contribution in [-0.4, -0.2) is 23.7 Å². The Balaban J connectivity index is 1.74. The van der Waals surface area contributed by atoms with E-state index in [1.165, 1.54) is 12.6 Å². The van der Waals surface area contributed by atoms with E-state index in [1.54, 1.807) is 18.2 Å². The van der Waals surface area contributed by atoms with Crippen molar-refractivity contribution in [3.63, 3.8) is 0 Å². The number of imide groups is 1. The van der Waals surface area contributed by atoms with Gasteiger partial charge in [-0.1, -0.05) is 19.8 Å². The standard InChI is InChI=1S/C15H21N3O3S/c1-11-6-2-3-7-12(11)16-15(20)17-13(19)10-22-14-8-4-5-9-18(14)21/h4-5,8-9,11-12H,2-3,6-7,10H2,1H3,(H2,16,17,19,20)/t11-,12+/m1/s1. The lowest BCUT2D eigenvalue weighted by Crippen LogP contribution is -2.48. The summed E-state index contributed by atoms with van der Waals surface area (Å²) < 4.78 is 0.696. The van der Waals surface area contributed by atoms with Gasteiger partial charge in [0.05, 0.1) is 5.75 Å². The average molecular weight is 323 g/mol. The minimum Gasteiger partial charge on any atom is -0.618 e. The maximum absolute atomic E-state index is 11.8. The van der Waals surface area contributed by atoms with Crippen LogP contribution >= 0.6 is 11.8 Å². The minimum atomic E-state index is -0.451. The second-order valence-electron chi connectivity index (χ2n) is 5.54. The Hall–Kier alpha value is -1.76. The number of pyridine rings is 1. The second-order valence-corrected chi connectivity index (χ2v) is 6.54. The highest BCUT2D eigenvalue weighted by Crippen LogP contribution is 2.23. The molecule has 2 rings (SSSR count). The highest BCUT2D eigenvalue weighted by molar-refractivity contribution is 7.99. The predicted molar refractivity (Wildman–Crippen MR) is 84.2 cm³/mol. The Morgan fingerprint density at radius 3 is 2.86 bits per heavy atom. The first-order chi connectivity index (χ1) is 10.6. The molecule has 0 bridgehead atoms. The normalized spacial score (nSPS) is 21.1. The second kappa shape index (κ2) is 8.03. The van der Waals surface area contributed by atoms with Crippen molar-refractivity contribution in [2.24, 2.45) is 5.92 Å². The number of hydrogen-bond acceptors (Lipinski definition) is 4. The van der Waals surface area contributed by atoms with E-state index in [0.717, 1.165) is 31.0 Å². The lowest BCUT2D eigenvalue weighted by atomic mass is 9.86. The van der Waals surface area contributed by atoms with Crippen LogP contribution in [0.2, 0.25) is 0 Å². The van der Waals surface area contributed by atoms with Gasteiger partial charge >= 0.3 is 6.03 Å². The maximum atomic E-state index is 11.8. The van der Waals surface area contributed by atoms with Crippen molar-refractivity contribution in [1.82, 2.24) is 10.6 Å². The highest BCUT2D eigenvalue weighted by atomic mass is 32.2. The SMILES string of the molecule is C[C@@H]1CCCC[C@@H]1NC(=O)NC(=O)CSc1cccc[n+]1[O-]. The van der Waals surface area contributed by atoms with Gasteiger partial charge in [0, 0.05) is 18.2 Å². The zero-order chi connectivity index (χ0) is 15.9. The molecule has 0 aromatic carbocycles. The van der Waals surface area contributed by atoms with Crippen LogP contribution in [0.5, 0.6) is 0 Å². The van der Waals surface area contributed by atoms with Gasteiger partial charge in [-0.15, -0.1) is 0 Å². The van der Waals surface area contributed by atoms with Crippen molar-refractivity contribution in [2.45, 2.75) is 43.7 Å². The molecule has 1 aromatic rings. The van der Waals surface area contributed by atoms with Crippen molar-refractivity contribution < 1.29 is 14.3 Å². The van der Waals surface area contributed by atoms with Gasteiger partial charge in [-0.3, -0.25) is 10.1 Å². The molecule has 3 amide bonds. The molecule has 2 N–H and O–H groups in total. The lowest BCUT2D eigenvalue weighted by molar-refractivity contribution is -0.645. The van der Waals surface area contributed by atoms with Crippen LogP contribution in [0, 0.1) is 11.1 Å². The fourth-order valence-corrected chi connectivity index (χ4v) is 3.28. The maximum Gasteiger partial charge on any atom is 0.321 e. The molecule has 0 radical (unpaired) electrons. The summed E-state index contributed by atoms with van der Waals surface area (Å²) in [4.78, 5) is 23.6. The molecule has 1 fully saturated rings. The molecule has 2 atom stereocenters. The van der Waals surface area contributed by atoms with Gasteiger partial charge in [0.2, 0.25) is 5.91 Å². The summed E-state index contributed by atoms with van der Waals surface area (Å²) in [5.41, 5.74) is 0. The summed E-state index contributed by atoms with van der Waals surface area (Å²) in [7, 11) is 0. The lowest BCUT2D eigenvalue weighted by Gasteiger charge is -2.29. The van der Waals surface area contributed by atoms with Crippen molar-refractivity contribution in [3.8, 4) is 0 Å². The summed E-state index contributed by atoms with van der Waals surface area (Å²) in [6.07, 6.45) is 5.74. The molecule has 7 heteroatoms. The van der Waals surface area contributed by atoms with Crippen molar-refractivity contribution in [3.05, 3.63) is 29.6 Å². The number of hydrogen-bond donors (Lipinski definition) is 2. The van der Waals surface area contributed by atoms with Gasteiger partial charge in [0.15, 0.2) is 6.20 Å². The topological polar surface area (TPSA) is 85.1 Å². The fourth-order valence-electron chi connectivity index (χ4n) is 2.56. The van der Waals surface area contributed by atoms with Crippen molar-refractivity contribution in [2.75, 3.05) is 5.75 Å². The van der Waals surface area contributed by atoms with Crippen LogP contribution in [0.3, 0.4) is 0 Å². The fraction of sp³-hybridized carbons (Fsp3) is 0.533. The molecular weight excluding hydrogens is 302 g/mol. The number of carbonyl (C=O) groups is 2. The Morgan fingerprint density at radius 2 is 2.14 bits per heavy atom. The van der Waals surface area contributed by atoms with Gasteiger partial charge in [-0.2, -0.15) is 4.73 Å². The van der Waals surface area contributed by atoms with Gasteiger partial charge in [-0.25, -0.2) is 4.79 Å². The van der Waals surface area contributed by atoms with Crippen LogP contribution < -0.4 is 15.4 Å². The number of nitrogens with zero attached hydrogens (tertiary/aromatic N) is 1. The van der Waals surface area contributed by atoms with Crippen LogP contribution in [-0.2, 0) is 4.79 Å². The highest BCUT2D eigenvalue weighted by Gasteiger charge is 2.23. The first-order valence-corrected chi connectivity index (χ1v) is 8.46. The monoisotopic (exact) mass is 323 g/mol. The quantitative estimate of drug-likeness (QED) is 0.503. The molecular formula is C15H21N3O3S. The summed E-state index contributed by atoms with van der Waals surface area (Å²) in [6, 6.07) is 4.66. The summed E-state index contributed by atoms with van der Waals surface area (Å²) in [5.74, 6) is 0.0578. The molecule has 0 saturated heterocycles. The number of aromatic nitrogens is 1. The van der Waals surface area contributed by atoms with E-state index < -0.39 is 11.9 Å². The molecule has 22 heavy (non-hydrogen) atoms. The largest absolute Gasteiger partial charge is 0.618 e. The Morgan fingerprint density at radius 1 is 1.36 bits per heavy atom. The third-order valence-corrected chi connectivity index (χ3v) is 4.84. The summed E-state index contributed by atoms with van der Waals surface area (Å²) in [6.45, 7) is 2.12. The van der Waals surface area contributed by atoms with Crippen LogP contribution in [0.4, 0.5) is 4.79 Å². The van der Waals surface area contributed by atoms with Crippen LogP contribution in [0.15, 0.2) is 29.4 Å². The van der Waals surface area contributed by atoms with E-state index in [-0.39, 0.29) is 11.8 Å². The first kappa shape index (κ1) is 16.6. The zero-order valence-corrected chi connectivity index (χ0v) is 13.4. The molecule has 1 aliphatic carbocycles. The number of urea groups is 1. The number of nitrogens with one attached hydrogen (secondary N) is 2. The smallest absolute Gasteiger partial charge is 0.321 e.